The number of benzene rings is 5. The predicted molar refractivity (Wildman–Crippen MR) is 194 cm³/mol. The molecule has 0 amide bonds. The molecule has 0 radical (unpaired) electrons. The van der Waals surface area contributed by atoms with E-state index in [4.69, 9.17) is 0 Å². The molecule has 224 valence electrons. The quantitative estimate of drug-likeness (QED) is 0.188. The Morgan fingerprint density at radius 3 is 1.89 bits per heavy atom. The molecule has 1 nitrogen and oxygen atoms in total. The van der Waals surface area contributed by atoms with Crippen LogP contribution in [-0.4, -0.2) is 4.57 Å². The van der Waals surface area contributed by atoms with Crippen LogP contribution in [0.2, 0.25) is 0 Å². The Bertz CT molecular complexity index is 2420. The maximum absolute atomic E-state index is 2.61. The van der Waals surface area contributed by atoms with Crippen molar-refractivity contribution in [2.75, 3.05) is 0 Å². The summed E-state index contributed by atoms with van der Waals surface area (Å²) in [6.45, 7) is 14.4. The second-order valence-electron chi connectivity index (χ2n) is 15.7. The van der Waals surface area contributed by atoms with Gasteiger partial charge in [-0.2, -0.15) is 0 Å². The van der Waals surface area contributed by atoms with E-state index < -0.39 is 0 Å². The van der Waals surface area contributed by atoms with E-state index in [9.17, 15) is 0 Å². The Hall–Kier alpha value is -4.62. The number of fused-ring (bicyclic) bond motifs is 3. The number of allylic oxidation sites excluding steroid dienone is 4. The van der Waals surface area contributed by atoms with Gasteiger partial charge in [-0.1, -0.05) is 126 Å². The Morgan fingerprint density at radius 2 is 1.13 bits per heavy atom. The summed E-state index contributed by atoms with van der Waals surface area (Å²) in [5.41, 5.74) is 20.9. The van der Waals surface area contributed by atoms with Crippen LogP contribution in [0.5, 0.6) is 0 Å². The first-order valence-corrected chi connectivity index (χ1v) is 17.0. The molecular weight excluding hydrogens is 555 g/mol. The Kier molecular flexibility index (Phi) is 4.85. The van der Waals surface area contributed by atoms with Crippen molar-refractivity contribution < 1.29 is 0 Å². The van der Waals surface area contributed by atoms with Gasteiger partial charge in [-0.15, -0.1) is 0 Å². The van der Waals surface area contributed by atoms with Gasteiger partial charge in [0.1, 0.15) is 0 Å². The van der Waals surface area contributed by atoms with Crippen LogP contribution in [0.25, 0.3) is 55.3 Å². The summed E-state index contributed by atoms with van der Waals surface area (Å²) >= 11 is 0. The van der Waals surface area contributed by atoms with Crippen LogP contribution in [-0.2, 0) is 16.2 Å². The minimum atomic E-state index is -0.114. The van der Waals surface area contributed by atoms with Crippen LogP contribution >= 0.6 is 0 Å². The summed E-state index contributed by atoms with van der Waals surface area (Å²) in [5, 5.41) is 2.73. The van der Waals surface area contributed by atoms with Gasteiger partial charge in [-0.25, -0.2) is 0 Å². The van der Waals surface area contributed by atoms with Crippen molar-refractivity contribution in [2.45, 2.75) is 70.6 Å². The van der Waals surface area contributed by atoms with Crippen molar-refractivity contribution in [3.8, 4) is 27.9 Å². The van der Waals surface area contributed by atoms with Crippen molar-refractivity contribution in [3.63, 3.8) is 0 Å². The van der Waals surface area contributed by atoms with Gasteiger partial charge in [-0.3, -0.25) is 0 Å². The van der Waals surface area contributed by atoms with Gasteiger partial charge in [0.15, 0.2) is 0 Å². The van der Waals surface area contributed by atoms with Gasteiger partial charge in [-0.05, 0) is 97.8 Å². The molecule has 6 aromatic rings. The third-order valence-electron chi connectivity index (χ3n) is 12.2. The Labute approximate surface area is 271 Å². The van der Waals surface area contributed by atoms with E-state index in [0.717, 1.165) is 12.8 Å². The number of aromatic nitrogens is 1. The highest BCUT2D eigenvalue weighted by Crippen LogP contribution is 2.56. The molecule has 0 fully saturated rings. The van der Waals surface area contributed by atoms with Gasteiger partial charge < -0.3 is 4.57 Å². The molecule has 0 unspecified atom stereocenters. The molecule has 4 aliphatic rings. The molecular formula is C45H39N. The number of nitrogens with zero attached hydrogens (tertiary/aromatic N) is 1. The SMILES string of the molecule is CC1(C)C2=C(CCC=C2)c2ccc(-c3ccc(-c4cc5c6c(c4)c4cccc7c4n6-c4c(cccc4C5(C)C)C7(C)C)cc3)cc21. The summed E-state index contributed by atoms with van der Waals surface area (Å²) < 4.78 is 2.61. The standard InChI is InChI=1S/C45H39N/c1-43(2)34-13-8-7-11-30(34)31-22-21-28(24-38(31)43)26-17-19-27(20-18-26)29-23-33-32-12-9-14-35-40(32)46-41(33)39(25-29)45(5,6)37-16-10-15-36(42(37)46)44(35,3)4/h8-10,12-25H,7,11H2,1-6H3. The van der Waals surface area contributed by atoms with Crippen molar-refractivity contribution in [2.24, 2.45) is 0 Å². The number of hydrogen-bond donors (Lipinski definition) is 0. The van der Waals surface area contributed by atoms with Gasteiger partial charge >= 0.3 is 0 Å². The smallest absolute Gasteiger partial charge is 0.0582 e. The highest BCUT2D eigenvalue weighted by atomic mass is 15.0. The normalized spacial score (nSPS) is 18.8. The zero-order valence-electron chi connectivity index (χ0n) is 27.7. The van der Waals surface area contributed by atoms with Gasteiger partial charge in [0.25, 0.3) is 0 Å². The Balaban J connectivity index is 1.14. The molecule has 2 aliphatic carbocycles. The first kappa shape index (κ1) is 26.6. The molecule has 10 rings (SSSR count). The number of hydrogen-bond acceptors (Lipinski definition) is 0. The molecule has 3 heterocycles. The van der Waals surface area contributed by atoms with E-state index in [1.54, 1.807) is 5.57 Å². The van der Waals surface area contributed by atoms with Crippen molar-refractivity contribution in [3.05, 3.63) is 142 Å². The largest absolute Gasteiger partial charge is 0.308 e. The van der Waals surface area contributed by atoms with Crippen molar-refractivity contribution in [1.29, 1.82) is 0 Å². The lowest BCUT2D eigenvalue weighted by Crippen LogP contribution is -2.33. The average Bonchev–Trinajstić information content (AvgIpc) is 3.52. The molecule has 5 aromatic carbocycles. The van der Waals surface area contributed by atoms with Gasteiger partial charge in [0.05, 0.1) is 16.7 Å². The summed E-state index contributed by atoms with van der Waals surface area (Å²) in [4.78, 5) is 0. The molecule has 1 heteroatoms. The van der Waals surface area contributed by atoms with Crippen LogP contribution in [0.15, 0.2) is 109 Å². The molecule has 1 aromatic heterocycles. The zero-order chi connectivity index (χ0) is 31.3. The Morgan fingerprint density at radius 1 is 0.522 bits per heavy atom. The fourth-order valence-electron chi connectivity index (χ4n) is 9.68. The van der Waals surface area contributed by atoms with Crippen LogP contribution in [0.3, 0.4) is 0 Å². The topological polar surface area (TPSA) is 4.93 Å². The monoisotopic (exact) mass is 593 g/mol. The van der Waals surface area contributed by atoms with E-state index in [0.29, 0.717) is 0 Å². The van der Waals surface area contributed by atoms with Crippen LogP contribution in [0.4, 0.5) is 0 Å². The van der Waals surface area contributed by atoms with Crippen LogP contribution < -0.4 is 0 Å². The van der Waals surface area contributed by atoms with E-state index in [-0.39, 0.29) is 16.2 Å². The fourth-order valence-corrected chi connectivity index (χ4v) is 9.68. The number of para-hydroxylation sites is 2. The van der Waals surface area contributed by atoms with Gasteiger partial charge in [0.2, 0.25) is 0 Å². The van der Waals surface area contributed by atoms with E-state index >= 15 is 0 Å². The van der Waals surface area contributed by atoms with Crippen molar-refractivity contribution in [1.82, 2.24) is 4.57 Å². The zero-order valence-corrected chi connectivity index (χ0v) is 27.7. The van der Waals surface area contributed by atoms with E-state index in [2.05, 4.69) is 149 Å². The molecule has 46 heavy (non-hydrogen) atoms. The highest BCUT2D eigenvalue weighted by Gasteiger charge is 2.43. The van der Waals surface area contributed by atoms with Crippen LogP contribution in [0, 0.1) is 0 Å². The third-order valence-corrected chi connectivity index (χ3v) is 12.2. The number of rotatable bonds is 2. The molecule has 0 bridgehead atoms. The first-order chi connectivity index (χ1) is 22.1. The van der Waals surface area contributed by atoms with E-state index in [1.807, 2.05) is 0 Å². The highest BCUT2D eigenvalue weighted by molar-refractivity contribution is 6.15. The molecule has 0 atom stereocenters. The minimum Gasteiger partial charge on any atom is -0.308 e. The lowest BCUT2D eigenvalue weighted by molar-refractivity contribution is 0.594. The van der Waals surface area contributed by atoms with Gasteiger partial charge in [0, 0.05) is 27.0 Å². The molecule has 2 aliphatic heterocycles. The third kappa shape index (κ3) is 3.07. The van der Waals surface area contributed by atoms with E-state index in [1.165, 1.54) is 88.7 Å². The van der Waals surface area contributed by atoms with Crippen LogP contribution in [0.1, 0.15) is 87.8 Å². The maximum Gasteiger partial charge on any atom is 0.0582 e. The fraction of sp³-hybridized carbons (Fsp3) is 0.244. The lowest BCUT2D eigenvalue weighted by atomic mass is 9.68. The second kappa shape index (κ2) is 8.39. The molecule has 0 N–H and O–H groups in total. The molecule has 0 saturated heterocycles. The molecule has 0 spiro atoms. The average molecular weight is 594 g/mol. The molecule has 0 saturated carbocycles. The summed E-state index contributed by atoms with van der Waals surface area (Å²) in [6.07, 6.45) is 7.03. The predicted octanol–water partition coefficient (Wildman–Crippen LogP) is 11.8. The summed E-state index contributed by atoms with van der Waals surface area (Å²) in [5.74, 6) is 0. The minimum absolute atomic E-state index is 0.0518. The summed E-state index contributed by atoms with van der Waals surface area (Å²) in [7, 11) is 0. The second-order valence-corrected chi connectivity index (χ2v) is 15.7. The first-order valence-electron chi connectivity index (χ1n) is 17.0. The lowest BCUT2D eigenvalue weighted by Gasteiger charge is -2.42. The summed E-state index contributed by atoms with van der Waals surface area (Å²) in [6, 6.07) is 35.4. The van der Waals surface area contributed by atoms with Crippen molar-refractivity contribution >= 4 is 27.4 Å². The maximum atomic E-state index is 2.61.